The fourth-order valence-electron chi connectivity index (χ4n) is 1.67. The number of benzene rings is 1. The Bertz CT molecular complexity index is 732. The average Bonchev–Trinajstić information content (AvgIpc) is 2.74. The third-order valence-corrected chi connectivity index (χ3v) is 2.91. The predicted molar refractivity (Wildman–Crippen MR) is 69.1 cm³/mol. The number of halogens is 1. The van der Waals surface area contributed by atoms with E-state index in [1.54, 1.807) is 10.9 Å². The molecule has 84 valence electrons. The molecule has 4 nitrogen and oxygen atoms in total. The highest BCUT2D eigenvalue weighted by Gasteiger charge is 2.07. The van der Waals surface area contributed by atoms with E-state index < -0.39 is 0 Å². The van der Waals surface area contributed by atoms with Gasteiger partial charge in [0, 0.05) is 0 Å². The molecule has 3 rings (SSSR count). The van der Waals surface area contributed by atoms with Crippen molar-refractivity contribution < 1.29 is 0 Å². The second-order valence-electron chi connectivity index (χ2n) is 3.49. The van der Waals surface area contributed by atoms with Crippen LogP contribution < -0.4 is 0 Å². The molecule has 0 aliphatic carbocycles. The lowest BCUT2D eigenvalue weighted by molar-refractivity contribution is 0.895. The number of aromatic nitrogens is 4. The third kappa shape index (κ3) is 1.73. The number of hydrogen-bond donors (Lipinski definition) is 1. The molecule has 0 saturated heterocycles. The van der Waals surface area contributed by atoms with Gasteiger partial charge in [-0.15, -0.1) is 0 Å². The zero-order chi connectivity index (χ0) is 11.8. The van der Waals surface area contributed by atoms with Crippen molar-refractivity contribution in [3.8, 4) is 5.69 Å². The standard InChI is InChI=1S/C11H7ClN4S/c12-11-14-9-8(10(17)15-11)6-13-16(9)7-4-2-1-3-5-7/h1-6H,(H,14,15,17). The van der Waals surface area contributed by atoms with Gasteiger partial charge in [-0.05, 0) is 23.7 Å². The van der Waals surface area contributed by atoms with Crippen molar-refractivity contribution in [3.63, 3.8) is 0 Å². The number of H-pyrrole nitrogens is 1. The molecule has 0 amide bonds. The molecule has 6 heteroatoms. The maximum atomic E-state index is 5.87. The molecule has 0 aliphatic heterocycles. The molecule has 1 N–H and O–H groups in total. The Labute approximate surface area is 107 Å². The highest BCUT2D eigenvalue weighted by molar-refractivity contribution is 7.71. The monoisotopic (exact) mass is 262 g/mol. The van der Waals surface area contributed by atoms with Crippen LogP contribution in [0, 0.1) is 4.64 Å². The van der Waals surface area contributed by atoms with E-state index in [0.29, 0.717) is 4.64 Å². The Balaban J connectivity index is 2.36. The van der Waals surface area contributed by atoms with Crippen LogP contribution in [0.3, 0.4) is 0 Å². The quantitative estimate of drug-likeness (QED) is 0.541. The Morgan fingerprint density at radius 1 is 1.24 bits per heavy atom. The van der Waals surface area contributed by atoms with Gasteiger partial charge in [-0.3, -0.25) is 0 Å². The van der Waals surface area contributed by atoms with Crippen LogP contribution in [0.2, 0.25) is 5.28 Å². The first-order valence-corrected chi connectivity index (χ1v) is 5.73. The molecule has 2 aromatic heterocycles. The van der Waals surface area contributed by atoms with E-state index in [1.165, 1.54) is 0 Å². The summed E-state index contributed by atoms with van der Waals surface area (Å²) in [6.07, 6.45) is 1.69. The molecule has 0 unspecified atom stereocenters. The summed E-state index contributed by atoms with van der Waals surface area (Å²) in [6, 6.07) is 9.75. The number of nitrogens with zero attached hydrogens (tertiary/aromatic N) is 3. The molecule has 1 aromatic carbocycles. The molecular formula is C11H7ClN4S. The number of para-hydroxylation sites is 1. The Morgan fingerprint density at radius 3 is 2.76 bits per heavy atom. The lowest BCUT2D eigenvalue weighted by Gasteiger charge is -2.02. The van der Waals surface area contributed by atoms with Crippen LogP contribution in [0.25, 0.3) is 16.7 Å². The van der Waals surface area contributed by atoms with Crippen LogP contribution in [0.15, 0.2) is 36.5 Å². The lowest BCUT2D eigenvalue weighted by atomic mass is 10.3. The number of nitrogens with one attached hydrogen (secondary N) is 1. The van der Waals surface area contributed by atoms with Crippen LogP contribution in [-0.2, 0) is 0 Å². The van der Waals surface area contributed by atoms with Gasteiger partial charge >= 0.3 is 0 Å². The highest BCUT2D eigenvalue weighted by Crippen LogP contribution is 2.18. The third-order valence-electron chi connectivity index (χ3n) is 2.42. The van der Waals surface area contributed by atoms with Gasteiger partial charge in [-0.1, -0.05) is 30.4 Å². The number of fused-ring (bicyclic) bond motifs is 1. The zero-order valence-corrected chi connectivity index (χ0v) is 10.2. The van der Waals surface area contributed by atoms with Gasteiger partial charge in [-0.25, -0.2) is 9.67 Å². The Hall–Kier alpha value is -1.72. The average molecular weight is 263 g/mol. The van der Waals surface area contributed by atoms with Crippen LogP contribution in [-0.4, -0.2) is 19.7 Å². The first-order valence-electron chi connectivity index (χ1n) is 4.95. The summed E-state index contributed by atoms with van der Waals surface area (Å²) in [7, 11) is 0. The van der Waals surface area contributed by atoms with Gasteiger partial charge in [0.15, 0.2) is 0 Å². The van der Waals surface area contributed by atoms with E-state index in [0.717, 1.165) is 16.7 Å². The summed E-state index contributed by atoms with van der Waals surface area (Å²) in [6.45, 7) is 0. The smallest absolute Gasteiger partial charge is 0.202 e. The maximum absolute atomic E-state index is 5.87. The molecule has 0 spiro atoms. The number of rotatable bonds is 1. The fourth-order valence-corrected chi connectivity index (χ4v) is 2.13. The highest BCUT2D eigenvalue weighted by atomic mass is 35.5. The summed E-state index contributed by atoms with van der Waals surface area (Å²) in [5, 5.41) is 5.34. The van der Waals surface area contributed by atoms with Crippen LogP contribution >= 0.6 is 23.8 Å². The number of hydrogen-bond acceptors (Lipinski definition) is 3. The first kappa shape index (κ1) is 10.4. The minimum absolute atomic E-state index is 0.264. The largest absolute Gasteiger partial charge is 0.314 e. The van der Waals surface area contributed by atoms with Crippen LogP contribution in [0.4, 0.5) is 0 Å². The van der Waals surface area contributed by atoms with Gasteiger partial charge in [0.25, 0.3) is 0 Å². The van der Waals surface area contributed by atoms with Gasteiger partial charge < -0.3 is 4.98 Å². The first-order chi connectivity index (χ1) is 8.25. The topological polar surface area (TPSA) is 46.5 Å². The molecule has 0 fully saturated rings. The van der Waals surface area contributed by atoms with Crippen LogP contribution in [0.5, 0.6) is 0 Å². The van der Waals surface area contributed by atoms with E-state index in [4.69, 9.17) is 23.8 Å². The van der Waals surface area contributed by atoms with Crippen molar-refractivity contribution >= 4 is 34.9 Å². The van der Waals surface area contributed by atoms with Crippen LogP contribution in [0.1, 0.15) is 0 Å². The molecular weight excluding hydrogens is 256 g/mol. The van der Waals surface area contributed by atoms with E-state index in [-0.39, 0.29) is 5.28 Å². The SMILES string of the molecule is S=c1nc(Cl)[nH]c2c1cnn2-c1ccccc1. The molecule has 17 heavy (non-hydrogen) atoms. The summed E-state index contributed by atoms with van der Waals surface area (Å²) in [5.74, 6) is 0. The molecule has 3 aromatic rings. The lowest BCUT2D eigenvalue weighted by Crippen LogP contribution is -1.97. The van der Waals surface area contributed by atoms with E-state index in [1.807, 2.05) is 30.3 Å². The Kier molecular flexibility index (Phi) is 2.42. The number of aromatic amines is 1. The van der Waals surface area contributed by atoms with Crippen molar-refractivity contribution in [1.29, 1.82) is 0 Å². The van der Waals surface area contributed by atoms with Gasteiger partial charge in [0.05, 0.1) is 17.3 Å². The molecule has 0 aliphatic rings. The normalized spacial score (nSPS) is 10.9. The van der Waals surface area contributed by atoms with Gasteiger partial charge in [0.2, 0.25) is 5.28 Å². The summed E-state index contributed by atoms with van der Waals surface area (Å²) in [5.41, 5.74) is 1.69. The Morgan fingerprint density at radius 2 is 2.00 bits per heavy atom. The summed E-state index contributed by atoms with van der Waals surface area (Å²) >= 11 is 11.0. The molecule has 0 radical (unpaired) electrons. The summed E-state index contributed by atoms with van der Waals surface area (Å²) in [4.78, 5) is 6.95. The predicted octanol–water partition coefficient (Wildman–Crippen LogP) is 3.13. The molecule has 0 bridgehead atoms. The second-order valence-corrected chi connectivity index (χ2v) is 4.23. The van der Waals surface area contributed by atoms with E-state index in [2.05, 4.69) is 15.1 Å². The van der Waals surface area contributed by atoms with Crippen molar-refractivity contribution in [1.82, 2.24) is 19.7 Å². The zero-order valence-electron chi connectivity index (χ0n) is 8.59. The molecule has 0 atom stereocenters. The van der Waals surface area contributed by atoms with Gasteiger partial charge in [0.1, 0.15) is 10.3 Å². The maximum Gasteiger partial charge on any atom is 0.202 e. The van der Waals surface area contributed by atoms with Crippen molar-refractivity contribution in [2.75, 3.05) is 0 Å². The second kappa shape index (κ2) is 3.94. The minimum atomic E-state index is 0.264. The van der Waals surface area contributed by atoms with E-state index >= 15 is 0 Å². The fraction of sp³-hybridized carbons (Fsp3) is 0. The van der Waals surface area contributed by atoms with Crippen molar-refractivity contribution in [2.24, 2.45) is 0 Å². The van der Waals surface area contributed by atoms with E-state index in [9.17, 15) is 0 Å². The van der Waals surface area contributed by atoms with Gasteiger partial charge in [-0.2, -0.15) is 5.10 Å². The molecule has 2 heterocycles. The van der Waals surface area contributed by atoms with Crippen molar-refractivity contribution in [2.45, 2.75) is 0 Å². The summed E-state index contributed by atoms with van der Waals surface area (Å²) < 4.78 is 2.20. The van der Waals surface area contributed by atoms with Crippen molar-refractivity contribution in [3.05, 3.63) is 46.5 Å². The molecule has 0 saturated carbocycles. The minimum Gasteiger partial charge on any atom is -0.314 e.